The van der Waals surface area contributed by atoms with E-state index in [1.54, 1.807) is 17.4 Å². The number of carbonyl (C=O) groups is 1. The Hall–Kier alpha value is -0.410. The Morgan fingerprint density at radius 3 is 2.82 bits per heavy atom. The number of thiophene rings is 1. The second-order valence-electron chi connectivity index (χ2n) is 4.04. The molecule has 0 aliphatic heterocycles. The number of unbranched alkanes of at least 4 members (excludes halogenated alkanes) is 2. The highest BCUT2D eigenvalue weighted by Gasteiger charge is 2.10. The number of carbonyl (C=O) groups excluding carboxylic acids is 1. The van der Waals surface area contributed by atoms with Gasteiger partial charge in [0.15, 0.2) is 5.78 Å². The summed E-state index contributed by atoms with van der Waals surface area (Å²) in [7, 11) is 0. The Morgan fingerprint density at radius 2 is 2.18 bits per heavy atom. The van der Waals surface area contributed by atoms with Gasteiger partial charge in [-0.3, -0.25) is 4.79 Å². The van der Waals surface area contributed by atoms with E-state index in [2.05, 4.69) is 29.8 Å². The second kappa shape index (κ2) is 7.83. The highest BCUT2D eigenvalue weighted by Crippen LogP contribution is 2.29. The van der Waals surface area contributed by atoms with Gasteiger partial charge in [-0.25, -0.2) is 0 Å². The number of ketones is 1. The average molecular weight is 315 g/mol. The molecule has 1 aromatic heterocycles. The van der Waals surface area contributed by atoms with E-state index in [4.69, 9.17) is 0 Å². The molecule has 0 aromatic carbocycles. The molecule has 1 rings (SSSR count). The first kappa shape index (κ1) is 14.7. The van der Waals surface area contributed by atoms with Crippen LogP contribution in [0.5, 0.6) is 0 Å². The average Bonchev–Trinajstić information content (AvgIpc) is 2.67. The van der Waals surface area contributed by atoms with Gasteiger partial charge in [-0.2, -0.15) is 0 Å². The molecule has 0 saturated carbocycles. The second-order valence-corrected chi connectivity index (χ2v) is 6.03. The van der Waals surface area contributed by atoms with Crippen LogP contribution in [0.2, 0.25) is 0 Å². The van der Waals surface area contributed by atoms with E-state index < -0.39 is 0 Å². The number of hydrogen-bond donors (Lipinski definition) is 0. The summed E-state index contributed by atoms with van der Waals surface area (Å²) in [5, 5.41) is 0. The summed E-state index contributed by atoms with van der Waals surface area (Å²) < 4.78 is 1.08. The summed E-state index contributed by atoms with van der Waals surface area (Å²) in [6.45, 7) is 4.31. The molecule has 0 radical (unpaired) electrons. The van der Waals surface area contributed by atoms with E-state index in [1.807, 2.05) is 12.1 Å². The van der Waals surface area contributed by atoms with Crippen LogP contribution < -0.4 is 0 Å². The zero-order valence-corrected chi connectivity index (χ0v) is 12.9. The predicted molar refractivity (Wildman–Crippen MR) is 79.0 cm³/mol. The van der Waals surface area contributed by atoms with Crippen molar-refractivity contribution in [2.24, 2.45) is 0 Å². The van der Waals surface area contributed by atoms with Crippen molar-refractivity contribution in [3.05, 3.63) is 32.4 Å². The first-order valence-electron chi connectivity index (χ1n) is 6.18. The molecule has 0 atom stereocenters. The number of rotatable bonds is 7. The first-order valence-corrected chi connectivity index (χ1v) is 7.79. The molecule has 1 heterocycles. The fraction of sp³-hybridized carbons (Fsp3) is 0.500. The third kappa shape index (κ3) is 4.76. The molecule has 3 heteroatoms. The molecule has 0 N–H and O–H groups in total. The third-order valence-corrected chi connectivity index (χ3v) is 4.65. The number of hydrogen-bond acceptors (Lipinski definition) is 2. The lowest BCUT2D eigenvalue weighted by Gasteiger charge is -1.92. The van der Waals surface area contributed by atoms with E-state index in [1.165, 1.54) is 11.3 Å². The van der Waals surface area contributed by atoms with Crippen LogP contribution >= 0.6 is 27.3 Å². The van der Waals surface area contributed by atoms with Crippen LogP contribution in [0.1, 0.15) is 54.1 Å². The largest absolute Gasteiger partial charge is 0.288 e. The van der Waals surface area contributed by atoms with Gasteiger partial charge < -0.3 is 0 Å². The van der Waals surface area contributed by atoms with E-state index >= 15 is 0 Å². The predicted octanol–water partition coefficient (Wildman–Crippen LogP) is 5.39. The lowest BCUT2D eigenvalue weighted by molar-refractivity contribution is 0.105. The van der Waals surface area contributed by atoms with Gasteiger partial charge >= 0.3 is 0 Å². The summed E-state index contributed by atoms with van der Waals surface area (Å²) in [6, 6.07) is 1.95. The molecule has 0 amide bonds. The van der Waals surface area contributed by atoms with Crippen LogP contribution in [0.3, 0.4) is 0 Å². The van der Waals surface area contributed by atoms with E-state index in [0.29, 0.717) is 0 Å². The van der Waals surface area contributed by atoms with Crippen molar-refractivity contribution in [3.8, 4) is 0 Å². The highest BCUT2D eigenvalue weighted by atomic mass is 79.9. The molecular formula is C14H19BrOS. The topological polar surface area (TPSA) is 17.1 Å². The van der Waals surface area contributed by atoms with Gasteiger partial charge in [-0.1, -0.05) is 39.2 Å². The van der Waals surface area contributed by atoms with Crippen LogP contribution in [0, 0.1) is 0 Å². The summed E-state index contributed by atoms with van der Waals surface area (Å²) in [6.07, 6.45) is 9.17. The Balaban J connectivity index is 2.63. The maximum absolute atomic E-state index is 11.9. The van der Waals surface area contributed by atoms with Gasteiger partial charge in [0, 0.05) is 9.35 Å². The van der Waals surface area contributed by atoms with Gasteiger partial charge in [0.05, 0.1) is 4.88 Å². The number of halogens is 1. The lowest BCUT2D eigenvalue weighted by atomic mass is 10.2. The molecule has 0 unspecified atom stereocenters. The monoisotopic (exact) mass is 314 g/mol. The molecule has 0 saturated heterocycles. The molecule has 94 valence electrons. The fourth-order valence-electron chi connectivity index (χ4n) is 1.52. The van der Waals surface area contributed by atoms with Crippen LogP contribution in [0.25, 0.3) is 0 Å². The SMILES string of the molecule is CCCC/C=C/C(=O)c1cc(Br)c(CCC)s1. The highest BCUT2D eigenvalue weighted by molar-refractivity contribution is 9.10. The van der Waals surface area contributed by atoms with Crippen LogP contribution in [0.4, 0.5) is 0 Å². The van der Waals surface area contributed by atoms with Gasteiger partial charge in [0.2, 0.25) is 0 Å². The lowest BCUT2D eigenvalue weighted by Crippen LogP contribution is -1.88. The summed E-state index contributed by atoms with van der Waals surface area (Å²) in [4.78, 5) is 14.0. The summed E-state index contributed by atoms with van der Waals surface area (Å²) in [5.41, 5.74) is 0. The minimum absolute atomic E-state index is 0.133. The van der Waals surface area contributed by atoms with E-state index in [0.717, 1.165) is 35.0 Å². The van der Waals surface area contributed by atoms with Gasteiger partial charge in [0.1, 0.15) is 0 Å². The van der Waals surface area contributed by atoms with Crippen molar-refractivity contribution in [2.75, 3.05) is 0 Å². The van der Waals surface area contributed by atoms with Crippen LogP contribution in [0.15, 0.2) is 22.7 Å². The Kier molecular flexibility index (Phi) is 6.75. The molecular weight excluding hydrogens is 296 g/mol. The molecule has 1 nitrogen and oxygen atoms in total. The quantitative estimate of drug-likeness (QED) is 0.374. The van der Waals surface area contributed by atoms with Gasteiger partial charge in [-0.05, 0) is 40.9 Å². The molecule has 0 bridgehead atoms. The van der Waals surface area contributed by atoms with Crippen molar-refractivity contribution in [1.29, 1.82) is 0 Å². The van der Waals surface area contributed by atoms with Crippen LogP contribution in [-0.2, 0) is 6.42 Å². The van der Waals surface area contributed by atoms with Gasteiger partial charge in [-0.15, -0.1) is 11.3 Å². The Morgan fingerprint density at radius 1 is 1.41 bits per heavy atom. The van der Waals surface area contributed by atoms with Crippen molar-refractivity contribution >= 4 is 33.0 Å². The minimum Gasteiger partial charge on any atom is -0.288 e. The number of aryl methyl sites for hydroxylation is 1. The molecule has 0 spiro atoms. The standard InChI is InChI=1S/C14H19BrOS/c1-3-5-6-7-9-12(16)14-10-11(15)13(17-14)8-4-2/h7,9-10H,3-6,8H2,1-2H3/b9-7+. The maximum atomic E-state index is 11.9. The molecule has 0 aliphatic rings. The van der Waals surface area contributed by atoms with E-state index in [-0.39, 0.29) is 5.78 Å². The minimum atomic E-state index is 0.133. The Bertz CT molecular complexity index is 393. The van der Waals surface area contributed by atoms with Crippen molar-refractivity contribution in [3.63, 3.8) is 0 Å². The van der Waals surface area contributed by atoms with Gasteiger partial charge in [0.25, 0.3) is 0 Å². The molecule has 0 aliphatic carbocycles. The normalized spacial score (nSPS) is 11.2. The third-order valence-electron chi connectivity index (χ3n) is 2.47. The zero-order chi connectivity index (χ0) is 12.7. The van der Waals surface area contributed by atoms with Crippen molar-refractivity contribution in [1.82, 2.24) is 0 Å². The Labute approximate surface area is 116 Å². The fourth-order valence-corrected chi connectivity index (χ4v) is 3.41. The van der Waals surface area contributed by atoms with E-state index in [9.17, 15) is 4.79 Å². The maximum Gasteiger partial charge on any atom is 0.195 e. The zero-order valence-electron chi connectivity index (χ0n) is 10.5. The van der Waals surface area contributed by atoms with Crippen molar-refractivity contribution in [2.45, 2.75) is 46.0 Å². The molecule has 1 aromatic rings. The first-order chi connectivity index (χ1) is 8.19. The number of allylic oxidation sites excluding steroid dienone is 2. The smallest absolute Gasteiger partial charge is 0.195 e. The van der Waals surface area contributed by atoms with Crippen LogP contribution in [-0.4, -0.2) is 5.78 Å². The van der Waals surface area contributed by atoms with Crippen molar-refractivity contribution < 1.29 is 4.79 Å². The molecule has 17 heavy (non-hydrogen) atoms. The summed E-state index contributed by atoms with van der Waals surface area (Å²) >= 11 is 5.12. The summed E-state index contributed by atoms with van der Waals surface area (Å²) in [5.74, 6) is 0.133. The molecule has 0 fully saturated rings.